The summed E-state index contributed by atoms with van der Waals surface area (Å²) in [6.45, 7) is 1.03. The van der Waals surface area contributed by atoms with Gasteiger partial charge in [0.25, 0.3) is 0 Å². The quantitative estimate of drug-likeness (QED) is 0.394. The zero-order valence-corrected chi connectivity index (χ0v) is 18.0. The van der Waals surface area contributed by atoms with Crippen molar-refractivity contribution in [2.75, 3.05) is 13.7 Å². The smallest absolute Gasteiger partial charge is 0.303 e. The van der Waals surface area contributed by atoms with Gasteiger partial charge in [-0.05, 0) is 46.5 Å². The highest BCUT2D eigenvalue weighted by molar-refractivity contribution is 5.83. The number of methoxy groups -OCH3 is 1. The normalized spacial score (nSPS) is 10.9. The zero-order valence-electron chi connectivity index (χ0n) is 18.0. The van der Waals surface area contributed by atoms with Gasteiger partial charge < -0.3 is 14.6 Å². The topological polar surface area (TPSA) is 73.6 Å². The summed E-state index contributed by atoms with van der Waals surface area (Å²) in [7, 11) is 1.61. The molecule has 164 valence electrons. The van der Waals surface area contributed by atoms with Crippen molar-refractivity contribution in [2.45, 2.75) is 25.8 Å². The van der Waals surface area contributed by atoms with Crippen LogP contribution in [0.25, 0.3) is 10.8 Å². The van der Waals surface area contributed by atoms with E-state index >= 15 is 0 Å². The summed E-state index contributed by atoms with van der Waals surface area (Å²) in [5.41, 5.74) is 2.95. The molecule has 4 aromatic rings. The first kappa shape index (κ1) is 21.4. The SMILES string of the molecule is COc1cc(CCC(=O)O)c(OCCc2ccc3ccccc3c2)cc1Cn1cccn1. The van der Waals surface area contributed by atoms with Gasteiger partial charge in [-0.2, -0.15) is 5.10 Å². The van der Waals surface area contributed by atoms with Crippen LogP contribution in [0.2, 0.25) is 0 Å². The van der Waals surface area contributed by atoms with E-state index in [1.54, 1.807) is 13.3 Å². The predicted octanol–water partition coefficient (Wildman–Crippen LogP) is 4.73. The number of carbonyl (C=O) groups is 1. The van der Waals surface area contributed by atoms with E-state index < -0.39 is 5.97 Å². The molecule has 0 saturated heterocycles. The standard InChI is InChI=1S/C26H26N2O4/c1-31-24-16-22(9-10-26(29)30)25(17-23(24)18-28-13-4-12-27-28)32-14-11-19-7-8-20-5-2-3-6-21(20)15-19/h2-8,12-13,15-17H,9-11,14,18H2,1H3,(H,29,30). The number of carboxylic acids is 1. The van der Waals surface area contributed by atoms with Crippen molar-refractivity contribution < 1.29 is 19.4 Å². The highest BCUT2D eigenvalue weighted by Crippen LogP contribution is 2.31. The molecule has 0 spiro atoms. The summed E-state index contributed by atoms with van der Waals surface area (Å²) in [6, 6.07) is 20.4. The summed E-state index contributed by atoms with van der Waals surface area (Å²) in [5, 5.41) is 15.8. The second kappa shape index (κ2) is 10.0. The number of aromatic nitrogens is 2. The molecular formula is C26H26N2O4. The summed E-state index contributed by atoms with van der Waals surface area (Å²) in [4.78, 5) is 11.1. The van der Waals surface area contributed by atoms with E-state index in [0.717, 1.165) is 17.5 Å². The minimum absolute atomic E-state index is 0.0304. The Kier molecular flexibility index (Phi) is 6.70. The third-order valence-electron chi connectivity index (χ3n) is 5.43. The fourth-order valence-electron chi connectivity index (χ4n) is 3.77. The van der Waals surface area contributed by atoms with Crippen molar-refractivity contribution in [2.24, 2.45) is 0 Å². The van der Waals surface area contributed by atoms with Crippen molar-refractivity contribution in [3.05, 3.63) is 89.7 Å². The Labute approximate surface area is 187 Å². The maximum atomic E-state index is 11.1. The molecule has 0 aliphatic rings. The van der Waals surface area contributed by atoms with Crippen molar-refractivity contribution in [3.8, 4) is 11.5 Å². The van der Waals surface area contributed by atoms with Crippen molar-refractivity contribution in [3.63, 3.8) is 0 Å². The van der Waals surface area contributed by atoms with Gasteiger partial charge in [0.1, 0.15) is 11.5 Å². The van der Waals surface area contributed by atoms with Crippen molar-refractivity contribution in [1.29, 1.82) is 0 Å². The molecular weight excluding hydrogens is 404 g/mol. The third-order valence-corrected chi connectivity index (χ3v) is 5.43. The number of aryl methyl sites for hydroxylation is 1. The first-order valence-corrected chi connectivity index (χ1v) is 10.6. The van der Waals surface area contributed by atoms with Gasteiger partial charge in [0, 0.05) is 30.8 Å². The van der Waals surface area contributed by atoms with Crippen LogP contribution in [0.3, 0.4) is 0 Å². The average Bonchev–Trinajstić information content (AvgIpc) is 3.31. The lowest BCUT2D eigenvalue weighted by molar-refractivity contribution is -0.136. The molecule has 4 rings (SSSR count). The Morgan fingerprint density at radius 3 is 2.53 bits per heavy atom. The molecule has 6 heteroatoms. The minimum Gasteiger partial charge on any atom is -0.496 e. The van der Waals surface area contributed by atoms with Crippen LogP contribution >= 0.6 is 0 Å². The molecule has 6 nitrogen and oxygen atoms in total. The Morgan fingerprint density at radius 2 is 1.78 bits per heavy atom. The lowest BCUT2D eigenvalue weighted by Gasteiger charge is -2.17. The lowest BCUT2D eigenvalue weighted by atomic mass is 10.0. The molecule has 0 saturated carbocycles. The molecule has 0 fully saturated rings. The van der Waals surface area contributed by atoms with Crippen LogP contribution in [0.1, 0.15) is 23.1 Å². The van der Waals surface area contributed by atoms with Crippen LogP contribution in [-0.4, -0.2) is 34.6 Å². The largest absolute Gasteiger partial charge is 0.496 e. The van der Waals surface area contributed by atoms with E-state index in [9.17, 15) is 4.79 Å². The molecule has 3 aromatic carbocycles. The number of hydrogen-bond donors (Lipinski definition) is 1. The number of benzene rings is 3. The van der Waals surface area contributed by atoms with Crippen molar-refractivity contribution in [1.82, 2.24) is 9.78 Å². The van der Waals surface area contributed by atoms with E-state index in [1.165, 1.54) is 16.3 Å². The van der Waals surface area contributed by atoms with Crippen molar-refractivity contribution >= 4 is 16.7 Å². The second-order valence-electron chi connectivity index (χ2n) is 7.65. The van der Waals surface area contributed by atoms with Crippen LogP contribution in [0, 0.1) is 0 Å². The molecule has 0 unspecified atom stereocenters. The molecule has 0 atom stereocenters. The fraction of sp³-hybridized carbons (Fsp3) is 0.231. The number of fused-ring (bicyclic) bond motifs is 1. The van der Waals surface area contributed by atoms with Crippen LogP contribution < -0.4 is 9.47 Å². The van der Waals surface area contributed by atoms with E-state index in [-0.39, 0.29) is 6.42 Å². The highest BCUT2D eigenvalue weighted by atomic mass is 16.5. The first-order chi connectivity index (χ1) is 15.6. The van der Waals surface area contributed by atoms with Gasteiger partial charge in [-0.25, -0.2) is 0 Å². The van der Waals surface area contributed by atoms with Gasteiger partial charge in [0.2, 0.25) is 0 Å². The second-order valence-corrected chi connectivity index (χ2v) is 7.65. The Bertz CT molecular complexity index is 1200. The summed E-state index contributed by atoms with van der Waals surface area (Å²) >= 11 is 0. The molecule has 0 bridgehead atoms. The Hall–Kier alpha value is -3.80. The predicted molar refractivity (Wildman–Crippen MR) is 123 cm³/mol. The number of nitrogens with zero attached hydrogens (tertiary/aromatic N) is 2. The Morgan fingerprint density at radius 1 is 0.969 bits per heavy atom. The van der Waals surface area contributed by atoms with Gasteiger partial charge in [-0.15, -0.1) is 0 Å². The number of aliphatic carboxylic acids is 1. The summed E-state index contributed by atoms with van der Waals surface area (Å²) in [5.74, 6) is 0.546. The zero-order chi connectivity index (χ0) is 22.3. The van der Waals surface area contributed by atoms with Crippen LogP contribution in [-0.2, 0) is 24.2 Å². The maximum Gasteiger partial charge on any atom is 0.303 e. The van der Waals surface area contributed by atoms with Crippen LogP contribution in [0.5, 0.6) is 11.5 Å². The molecule has 1 aromatic heterocycles. The molecule has 1 heterocycles. The summed E-state index contributed by atoms with van der Waals surface area (Å²) < 4.78 is 13.5. The van der Waals surface area contributed by atoms with Gasteiger partial charge in [0.05, 0.1) is 20.3 Å². The average molecular weight is 431 g/mol. The molecule has 1 N–H and O–H groups in total. The van der Waals surface area contributed by atoms with E-state index in [4.69, 9.17) is 14.6 Å². The molecule has 0 radical (unpaired) electrons. The number of hydrogen-bond acceptors (Lipinski definition) is 4. The van der Waals surface area contributed by atoms with Gasteiger partial charge in [0.15, 0.2) is 0 Å². The van der Waals surface area contributed by atoms with E-state index in [2.05, 4.69) is 35.4 Å². The molecule has 0 amide bonds. The molecule has 0 aliphatic carbocycles. The maximum absolute atomic E-state index is 11.1. The van der Waals surface area contributed by atoms with Crippen LogP contribution in [0.15, 0.2) is 73.1 Å². The van der Waals surface area contributed by atoms with E-state index in [1.807, 2.05) is 41.2 Å². The van der Waals surface area contributed by atoms with Gasteiger partial charge in [-0.1, -0.05) is 42.5 Å². The highest BCUT2D eigenvalue weighted by Gasteiger charge is 2.14. The first-order valence-electron chi connectivity index (χ1n) is 10.6. The van der Waals surface area contributed by atoms with E-state index in [0.29, 0.717) is 31.1 Å². The van der Waals surface area contributed by atoms with Gasteiger partial charge >= 0.3 is 5.97 Å². The molecule has 32 heavy (non-hydrogen) atoms. The number of rotatable bonds is 10. The summed E-state index contributed by atoms with van der Waals surface area (Å²) in [6.07, 6.45) is 4.78. The third kappa shape index (κ3) is 5.27. The lowest BCUT2D eigenvalue weighted by Crippen LogP contribution is -2.08. The number of ether oxygens (including phenoxy) is 2. The minimum atomic E-state index is -0.841. The Balaban J connectivity index is 1.53. The van der Waals surface area contributed by atoms with Crippen LogP contribution in [0.4, 0.5) is 0 Å². The number of carboxylic acid groups (broad SMARTS) is 1. The van der Waals surface area contributed by atoms with Gasteiger partial charge in [-0.3, -0.25) is 9.48 Å². The monoisotopic (exact) mass is 430 g/mol. The fourth-order valence-corrected chi connectivity index (χ4v) is 3.77. The molecule has 0 aliphatic heterocycles.